The van der Waals surface area contributed by atoms with E-state index >= 15 is 0 Å². The van der Waals surface area contributed by atoms with Gasteiger partial charge in [0, 0.05) is 10.8 Å². The predicted octanol–water partition coefficient (Wildman–Crippen LogP) is 5.22. The Hall–Kier alpha value is -0.460. The molecule has 21 heavy (non-hydrogen) atoms. The monoisotopic (exact) mass is 431 g/mol. The van der Waals surface area contributed by atoms with Crippen LogP contribution < -0.4 is 0 Å². The van der Waals surface area contributed by atoms with Crippen LogP contribution in [0.25, 0.3) is 0 Å². The molecule has 0 amide bonds. The third kappa shape index (κ3) is 3.32. The minimum Gasteiger partial charge on any atom is -0.492 e. The fourth-order valence-electron chi connectivity index (χ4n) is 2.61. The van der Waals surface area contributed by atoms with E-state index in [0.717, 1.165) is 37.8 Å². The molecule has 2 nitrogen and oxygen atoms in total. The van der Waals surface area contributed by atoms with Crippen molar-refractivity contribution in [3.8, 4) is 5.88 Å². The lowest BCUT2D eigenvalue weighted by atomic mass is 9.93. The second kappa shape index (κ2) is 6.75. The average molecular weight is 432 g/mol. The zero-order valence-electron chi connectivity index (χ0n) is 11.4. The van der Waals surface area contributed by atoms with E-state index in [1.54, 1.807) is 11.8 Å². The summed E-state index contributed by atoms with van der Waals surface area (Å²) in [6.45, 7) is 0. The van der Waals surface area contributed by atoms with Crippen molar-refractivity contribution >= 4 is 46.0 Å². The number of hydrogen-bond donors (Lipinski definition) is 1. The van der Waals surface area contributed by atoms with Gasteiger partial charge >= 0.3 is 0 Å². The second-order valence-electron chi connectivity index (χ2n) is 5.10. The summed E-state index contributed by atoms with van der Waals surface area (Å²) < 4.78 is 0.921. The minimum absolute atomic E-state index is 0.165. The molecule has 1 aromatic heterocycles. The Kier molecular flexibility index (Phi) is 4.96. The fourth-order valence-corrected chi connectivity index (χ4v) is 4.70. The highest BCUT2D eigenvalue weighted by atomic mass is 127. The molecule has 0 saturated carbocycles. The normalized spacial score (nSPS) is 14.0. The Morgan fingerprint density at radius 2 is 1.90 bits per heavy atom. The molecule has 0 fully saturated rings. The van der Waals surface area contributed by atoms with Gasteiger partial charge in [0.15, 0.2) is 0 Å². The Morgan fingerprint density at radius 3 is 2.67 bits per heavy atom. The van der Waals surface area contributed by atoms with Crippen molar-refractivity contribution in [2.24, 2.45) is 0 Å². The second-order valence-corrected chi connectivity index (χ2v) is 7.55. The molecule has 0 saturated heterocycles. The van der Waals surface area contributed by atoms with Gasteiger partial charge in [0.25, 0.3) is 0 Å². The first-order valence-corrected chi connectivity index (χ1v) is 9.37. The zero-order valence-corrected chi connectivity index (χ0v) is 15.1. The standard InChI is InChI=1S/C16H15ClINOS/c17-13-8-4-1-5-10(13)9-21-16-12-7-3-2-6-11(12)14(18)15(20)19-16/h1,4-5,8H,2-3,6-7,9H2,(H,19,20). The van der Waals surface area contributed by atoms with E-state index in [9.17, 15) is 5.11 Å². The number of rotatable bonds is 3. The summed E-state index contributed by atoms with van der Waals surface area (Å²) in [5, 5.41) is 11.8. The molecule has 0 spiro atoms. The van der Waals surface area contributed by atoms with E-state index < -0.39 is 0 Å². The first-order chi connectivity index (χ1) is 10.2. The molecule has 0 bridgehead atoms. The number of pyridine rings is 1. The van der Waals surface area contributed by atoms with E-state index in [-0.39, 0.29) is 5.88 Å². The van der Waals surface area contributed by atoms with Crippen LogP contribution in [0.3, 0.4) is 0 Å². The summed E-state index contributed by atoms with van der Waals surface area (Å²) in [4.78, 5) is 4.40. The molecule has 1 aliphatic carbocycles. The largest absolute Gasteiger partial charge is 0.492 e. The smallest absolute Gasteiger partial charge is 0.225 e. The Bertz CT molecular complexity index is 678. The number of aromatic nitrogens is 1. The molecule has 2 aromatic rings. The number of fused-ring (bicyclic) bond motifs is 1. The molecule has 0 aliphatic heterocycles. The summed E-state index contributed by atoms with van der Waals surface area (Å²) >= 11 is 10.1. The molecule has 110 valence electrons. The quantitative estimate of drug-likeness (QED) is 0.534. The summed E-state index contributed by atoms with van der Waals surface area (Å²) in [5.74, 6) is 0.942. The average Bonchev–Trinajstić information content (AvgIpc) is 2.51. The highest BCUT2D eigenvalue weighted by Gasteiger charge is 2.21. The van der Waals surface area contributed by atoms with E-state index in [4.69, 9.17) is 11.6 Å². The van der Waals surface area contributed by atoms with Gasteiger partial charge in [-0.1, -0.05) is 29.8 Å². The van der Waals surface area contributed by atoms with Crippen molar-refractivity contribution < 1.29 is 5.11 Å². The van der Waals surface area contributed by atoms with Crippen LogP contribution in [0.15, 0.2) is 29.3 Å². The molecule has 5 heteroatoms. The molecule has 0 atom stereocenters. The maximum absolute atomic E-state index is 10.0. The van der Waals surface area contributed by atoms with E-state index in [2.05, 4.69) is 27.6 Å². The van der Waals surface area contributed by atoms with Crippen molar-refractivity contribution in [1.29, 1.82) is 0 Å². The summed E-state index contributed by atoms with van der Waals surface area (Å²) in [6, 6.07) is 7.88. The lowest BCUT2D eigenvalue weighted by Gasteiger charge is -2.20. The third-order valence-electron chi connectivity index (χ3n) is 3.72. The molecule has 0 radical (unpaired) electrons. The van der Waals surface area contributed by atoms with Crippen molar-refractivity contribution in [2.45, 2.75) is 36.5 Å². The van der Waals surface area contributed by atoms with Crippen LogP contribution >= 0.6 is 46.0 Å². The minimum atomic E-state index is 0.165. The number of thioether (sulfide) groups is 1. The van der Waals surface area contributed by atoms with Crippen LogP contribution in [-0.4, -0.2) is 10.1 Å². The Morgan fingerprint density at radius 1 is 1.19 bits per heavy atom. The predicted molar refractivity (Wildman–Crippen MR) is 96.3 cm³/mol. The maximum Gasteiger partial charge on any atom is 0.225 e. The van der Waals surface area contributed by atoms with E-state index in [1.165, 1.54) is 24.0 Å². The molecule has 1 N–H and O–H groups in total. The molecule has 0 unspecified atom stereocenters. The Labute approximate surface area is 147 Å². The molecule has 1 aromatic carbocycles. The molecular weight excluding hydrogens is 417 g/mol. The van der Waals surface area contributed by atoms with Crippen molar-refractivity contribution in [2.75, 3.05) is 0 Å². The van der Waals surface area contributed by atoms with Crippen LogP contribution in [-0.2, 0) is 18.6 Å². The van der Waals surface area contributed by atoms with Crippen LogP contribution in [0.4, 0.5) is 0 Å². The highest BCUT2D eigenvalue weighted by Crippen LogP contribution is 2.37. The Balaban J connectivity index is 1.89. The number of hydrogen-bond acceptors (Lipinski definition) is 3. The molecular formula is C16H15ClINOS. The van der Waals surface area contributed by atoms with Crippen LogP contribution in [0.1, 0.15) is 29.5 Å². The fraction of sp³-hybridized carbons (Fsp3) is 0.312. The number of halogens is 2. The lowest BCUT2D eigenvalue weighted by Crippen LogP contribution is -2.08. The first-order valence-electron chi connectivity index (χ1n) is 6.93. The van der Waals surface area contributed by atoms with Crippen molar-refractivity contribution in [1.82, 2.24) is 4.98 Å². The highest BCUT2D eigenvalue weighted by molar-refractivity contribution is 14.1. The van der Waals surface area contributed by atoms with E-state index in [0.29, 0.717) is 0 Å². The molecule has 3 rings (SSSR count). The van der Waals surface area contributed by atoms with Gasteiger partial charge in [0.2, 0.25) is 5.88 Å². The SMILES string of the molecule is Oc1nc(SCc2ccccc2Cl)c2c(c1I)CCCC2. The molecule has 1 heterocycles. The van der Waals surface area contributed by atoms with Crippen molar-refractivity contribution in [3.63, 3.8) is 0 Å². The first kappa shape index (κ1) is 15.4. The zero-order chi connectivity index (χ0) is 14.8. The summed E-state index contributed by atoms with van der Waals surface area (Å²) in [7, 11) is 0. The maximum atomic E-state index is 10.0. The third-order valence-corrected chi connectivity index (χ3v) is 6.29. The van der Waals surface area contributed by atoms with Crippen molar-refractivity contribution in [3.05, 3.63) is 49.5 Å². The topological polar surface area (TPSA) is 33.1 Å². The van der Waals surface area contributed by atoms with E-state index in [1.807, 2.05) is 24.3 Å². The number of benzene rings is 1. The molecule has 1 aliphatic rings. The van der Waals surface area contributed by atoms with Gasteiger partial charge in [-0.05, 0) is 71.0 Å². The lowest BCUT2D eigenvalue weighted by molar-refractivity contribution is 0.440. The van der Waals surface area contributed by atoms with Crippen LogP contribution in [0.2, 0.25) is 5.02 Å². The summed E-state index contributed by atoms with van der Waals surface area (Å²) in [6.07, 6.45) is 4.50. The van der Waals surface area contributed by atoms with Gasteiger partial charge in [-0.25, -0.2) is 4.98 Å². The van der Waals surface area contributed by atoms with Gasteiger partial charge in [-0.2, -0.15) is 0 Å². The van der Waals surface area contributed by atoms with Gasteiger partial charge < -0.3 is 5.11 Å². The van der Waals surface area contributed by atoms with Crippen LogP contribution in [0.5, 0.6) is 5.88 Å². The number of aromatic hydroxyl groups is 1. The van der Waals surface area contributed by atoms with Gasteiger partial charge in [-0.3, -0.25) is 0 Å². The van der Waals surface area contributed by atoms with Gasteiger partial charge in [0.1, 0.15) is 5.03 Å². The van der Waals surface area contributed by atoms with Crippen LogP contribution in [0, 0.1) is 3.57 Å². The van der Waals surface area contributed by atoms with Gasteiger partial charge in [-0.15, -0.1) is 11.8 Å². The van der Waals surface area contributed by atoms with Gasteiger partial charge in [0.05, 0.1) is 3.57 Å². The number of nitrogens with zero attached hydrogens (tertiary/aromatic N) is 1. The summed E-state index contributed by atoms with van der Waals surface area (Å²) in [5.41, 5.74) is 3.71.